The Balaban J connectivity index is 2.04. The van der Waals surface area contributed by atoms with Crippen molar-refractivity contribution in [2.75, 3.05) is 41.0 Å². The van der Waals surface area contributed by atoms with E-state index in [1.807, 2.05) is 42.5 Å². The largest absolute Gasteiger partial charge is 0.495 e. The first-order valence-corrected chi connectivity index (χ1v) is 20.8. The van der Waals surface area contributed by atoms with Crippen molar-refractivity contribution < 1.29 is 28.4 Å². The molecule has 6 nitrogen and oxygen atoms in total. The molecule has 0 aliphatic rings. The van der Waals surface area contributed by atoms with Crippen LogP contribution in [0, 0.1) is 0 Å². The molecule has 0 aliphatic carbocycles. The first-order valence-electron chi connectivity index (χ1n) is 12.6. The highest BCUT2D eigenvalue weighted by molar-refractivity contribution is 9.10. The smallest absolute Gasteiger partial charge is 0.189 e. The maximum atomic E-state index is 5.85. The second kappa shape index (κ2) is 15.0. The zero-order valence-corrected chi connectivity index (χ0v) is 27.2. The van der Waals surface area contributed by atoms with Gasteiger partial charge >= 0.3 is 0 Å². The Morgan fingerprint density at radius 1 is 0.703 bits per heavy atom. The monoisotopic (exact) mass is 610 g/mol. The Morgan fingerprint density at radius 2 is 1.30 bits per heavy atom. The van der Waals surface area contributed by atoms with Crippen LogP contribution in [0.3, 0.4) is 0 Å². The molecule has 0 N–H and O–H groups in total. The third kappa shape index (κ3) is 12.1. The molecular formula is C28H43BrO6Si2. The highest BCUT2D eigenvalue weighted by atomic mass is 79.9. The third-order valence-corrected chi connectivity index (χ3v) is 9.76. The fraction of sp³-hybridized carbons (Fsp3) is 0.500. The average molecular weight is 612 g/mol. The highest BCUT2D eigenvalue weighted by Crippen LogP contribution is 2.35. The summed E-state index contributed by atoms with van der Waals surface area (Å²) in [7, 11) is 1.03. The molecule has 2 aromatic carbocycles. The SMILES string of the molecule is COc1cc(C=Cc2cc(OCOCC[Si](C)(C)C)cc(OC)c2Br)ccc1OCOCC[Si](C)(C)C. The zero-order chi connectivity index (χ0) is 27.5. The predicted octanol–water partition coefficient (Wildman–Crippen LogP) is 8.02. The molecule has 0 amide bonds. The van der Waals surface area contributed by atoms with E-state index < -0.39 is 16.1 Å². The van der Waals surface area contributed by atoms with E-state index in [1.165, 1.54) is 0 Å². The van der Waals surface area contributed by atoms with Gasteiger partial charge in [-0.05, 0) is 57.3 Å². The molecule has 0 spiro atoms. The Bertz CT molecular complexity index is 1010. The van der Waals surface area contributed by atoms with Gasteiger partial charge in [0.25, 0.3) is 0 Å². The topological polar surface area (TPSA) is 55.4 Å². The second-order valence-corrected chi connectivity index (χ2v) is 23.3. The van der Waals surface area contributed by atoms with Gasteiger partial charge in [0.05, 0.1) is 18.7 Å². The quantitative estimate of drug-likeness (QED) is 0.0830. The van der Waals surface area contributed by atoms with Crippen LogP contribution in [0.25, 0.3) is 12.2 Å². The summed E-state index contributed by atoms with van der Waals surface area (Å²) in [4.78, 5) is 0. The lowest BCUT2D eigenvalue weighted by Crippen LogP contribution is -2.22. The molecule has 0 radical (unpaired) electrons. The first-order chi connectivity index (χ1) is 17.4. The number of hydrogen-bond donors (Lipinski definition) is 0. The first kappa shape index (κ1) is 31.4. The Labute approximate surface area is 233 Å². The van der Waals surface area contributed by atoms with Crippen molar-refractivity contribution in [3.63, 3.8) is 0 Å². The molecule has 0 unspecified atom stereocenters. The molecule has 2 rings (SSSR count). The molecule has 0 saturated carbocycles. The summed E-state index contributed by atoms with van der Waals surface area (Å²) in [5.41, 5.74) is 1.89. The van der Waals surface area contributed by atoms with E-state index in [2.05, 4.69) is 55.2 Å². The standard InChI is InChI=1S/C28H43BrO6Si2/c1-30-26-17-22(10-12-25(26)35-21-33-14-16-37(6,7)8)9-11-23-18-24(19-27(31-2)28(23)29)34-20-32-13-15-36(3,4)5/h9-12,17-19H,13-16,20-21H2,1-8H3. The Morgan fingerprint density at radius 3 is 1.86 bits per heavy atom. The van der Waals surface area contributed by atoms with Gasteiger partial charge < -0.3 is 28.4 Å². The molecule has 9 heteroatoms. The van der Waals surface area contributed by atoms with Gasteiger partial charge in [-0.1, -0.05) is 57.5 Å². The van der Waals surface area contributed by atoms with Gasteiger partial charge in [0.1, 0.15) is 11.5 Å². The average Bonchev–Trinajstić information content (AvgIpc) is 2.82. The van der Waals surface area contributed by atoms with E-state index in [1.54, 1.807) is 14.2 Å². The Kier molecular flexibility index (Phi) is 12.7. The molecule has 206 valence electrons. The molecule has 0 heterocycles. The van der Waals surface area contributed by atoms with Crippen molar-refractivity contribution >= 4 is 44.2 Å². The molecule has 0 saturated heterocycles. The van der Waals surface area contributed by atoms with Crippen LogP contribution in [-0.4, -0.2) is 57.2 Å². The van der Waals surface area contributed by atoms with Crippen molar-refractivity contribution in [1.29, 1.82) is 0 Å². The van der Waals surface area contributed by atoms with Crippen LogP contribution < -0.4 is 18.9 Å². The normalized spacial score (nSPS) is 12.1. The van der Waals surface area contributed by atoms with Gasteiger partial charge in [-0.15, -0.1) is 0 Å². The third-order valence-electron chi connectivity index (χ3n) is 5.50. The maximum absolute atomic E-state index is 5.85. The van der Waals surface area contributed by atoms with Crippen LogP contribution in [0.15, 0.2) is 34.8 Å². The van der Waals surface area contributed by atoms with Gasteiger partial charge in [-0.3, -0.25) is 0 Å². The van der Waals surface area contributed by atoms with Gasteiger partial charge in [-0.25, -0.2) is 0 Å². The van der Waals surface area contributed by atoms with Crippen molar-refractivity contribution in [3.8, 4) is 23.0 Å². The highest BCUT2D eigenvalue weighted by Gasteiger charge is 2.14. The molecular weight excluding hydrogens is 568 g/mol. The van der Waals surface area contributed by atoms with E-state index >= 15 is 0 Å². The minimum absolute atomic E-state index is 0.206. The molecule has 0 atom stereocenters. The van der Waals surface area contributed by atoms with Crippen LogP contribution in [-0.2, 0) is 9.47 Å². The van der Waals surface area contributed by atoms with E-state index in [-0.39, 0.29) is 13.6 Å². The summed E-state index contributed by atoms with van der Waals surface area (Å²) >= 11 is 3.64. The number of methoxy groups -OCH3 is 2. The fourth-order valence-electron chi connectivity index (χ4n) is 3.13. The molecule has 0 fully saturated rings. The van der Waals surface area contributed by atoms with Gasteiger partial charge in [0, 0.05) is 35.4 Å². The lowest BCUT2D eigenvalue weighted by Gasteiger charge is -2.16. The number of rotatable bonds is 16. The summed E-state index contributed by atoms with van der Waals surface area (Å²) in [6, 6.07) is 11.8. The summed E-state index contributed by atoms with van der Waals surface area (Å²) in [6.45, 7) is 15.8. The summed E-state index contributed by atoms with van der Waals surface area (Å²) in [6.07, 6.45) is 4.00. The Hall–Kier alpha value is -1.79. The van der Waals surface area contributed by atoms with E-state index in [4.69, 9.17) is 28.4 Å². The van der Waals surface area contributed by atoms with Gasteiger partial charge in [0.2, 0.25) is 0 Å². The fourth-order valence-corrected chi connectivity index (χ4v) is 5.17. The number of halogens is 1. The summed E-state index contributed by atoms with van der Waals surface area (Å²) in [5.74, 6) is 2.68. The summed E-state index contributed by atoms with van der Waals surface area (Å²) in [5, 5.41) is 0. The number of hydrogen-bond acceptors (Lipinski definition) is 6. The molecule has 0 bridgehead atoms. The lowest BCUT2D eigenvalue weighted by molar-refractivity contribution is 0.0205. The summed E-state index contributed by atoms with van der Waals surface area (Å²) < 4.78 is 34.9. The van der Waals surface area contributed by atoms with E-state index in [9.17, 15) is 0 Å². The van der Waals surface area contributed by atoms with Gasteiger partial charge in [0.15, 0.2) is 25.1 Å². The van der Waals surface area contributed by atoms with Crippen molar-refractivity contribution in [3.05, 3.63) is 45.9 Å². The minimum atomic E-state index is -1.13. The van der Waals surface area contributed by atoms with Crippen LogP contribution in [0.2, 0.25) is 51.4 Å². The number of benzene rings is 2. The van der Waals surface area contributed by atoms with Crippen LogP contribution >= 0.6 is 15.9 Å². The van der Waals surface area contributed by atoms with E-state index in [0.717, 1.165) is 27.7 Å². The van der Waals surface area contributed by atoms with Crippen LogP contribution in [0.5, 0.6) is 23.0 Å². The van der Waals surface area contributed by atoms with Crippen LogP contribution in [0.4, 0.5) is 0 Å². The predicted molar refractivity (Wildman–Crippen MR) is 162 cm³/mol. The van der Waals surface area contributed by atoms with Gasteiger partial charge in [-0.2, -0.15) is 0 Å². The van der Waals surface area contributed by atoms with E-state index in [0.29, 0.717) is 36.2 Å². The molecule has 2 aromatic rings. The van der Waals surface area contributed by atoms with Crippen molar-refractivity contribution in [2.45, 2.75) is 51.4 Å². The lowest BCUT2D eigenvalue weighted by atomic mass is 10.1. The zero-order valence-electron chi connectivity index (χ0n) is 23.6. The maximum Gasteiger partial charge on any atom is 0.189 e. The molecule has 0 aromatic heterocycles. The second-order valence-electron chi connectivity index (χ2n) is 11.2. The van der Waals surface area contributed by atoms with Crippen molar-refractivity contribution in [2.24, 2.45) is 0 Å². The minimum Gasteiger partial charge on any atom is -0.495 e. The number of ether oxygens (including phenoxy) is 6. The van der Waals surface area contributed by atoms with Crippen molar-refractivity contribution in [1.82, 2.24) is 0 Å². The molecule has 37 heavy (non-hydrogen) atoms. The van der Waals surface area contributed by atoms with Crippen LogP contribution in [0.1, 0.15) is 11.1 Å². The molecule has 0 aliphatic heterocycles.